The zero-order valence-electron chi connectivity index (χ0n) is 19.8. The molecular weight excluding hydrogens is 442 g/mol. The SMILES string of the molecule is CCOc1ccc(CNC(=O)c2cc(S(=O)(=O)N(C)C)ccc2N2CCCCC2)cc1OC. The van der Waals surface area contributed by atoms with E-state index in [1.165, 1.54) is 20.2 Å². The normalized spacial score (nSPS) is 14.3. The minimum absolute atomic E-state index is 0.0983. The quantitative estimate of drug-likeness (QED) is 0.599. The second-order valence-corrected chi connectivity index (χ2v) is 10.3. The molecule has 8 nitrogen and oxygen atoms in total. The Morgan fingerprint density at radius 2 is 1.79 bits per heavy atom. The maximum absolute atomic E-state index is 13.3. The average Bonchev–Trinajstić information content (AvgIpc) is 2.83. The van der Waals surface area contributed by atoms with E-state index in [4.69, 9.17) is 9.47 Å². The molecule has 0 aromatic heterocycles. The summed E-state index contributed by atoms with van der Waals surface area (Å²) >= 11 is 0. The highest BCUT2D eigenvalue weighted by atomic mass is 32.2. The van der Waals surface area contributed by atoms with Crippen molar-refractivity contribution in [1.29, 1.82) is 0 Å². The van der Waals surface area contributed by atoms with Gasteiger partial charge in [0, 0.05) is 39.4 Å². The molecule has 0 aliphatic carbocycles. The Morgan fingerprint density at radius 1 is 1.06 bits per heavy atom. The fourth-order valence-corrected chi connectivity index (χ4v) is 4.78. The average molecular weight is 476 g/mol. The van der Waals surface area contributed by atoms with Gasteiger partial charge in [0.1, 0.15) is 0 Å². The molecule has 1 fully saturated rings. The van der Waals surface area contributed by atoms with Gasteiger partial charge in [0.2, 0.25) is 10.0 Å². The molecule has 1 heterocycles. The number of carbonyl (C=O) groups excluding carboxylic acids is 1. The van der Waals surface area contributed by atoms with E-state index in [9.17, 15) is 13.2 Å². The Labute approximate surface area is 196 Å². The molecule has 1 aliphatic rings. The van der Waals surface area contributed by atoms with Gasteiger partial charge in [-0.05, 0) is 62.1 Å². The lowest BCUT2D eigenvalue weighted by Gasteiger charge is -2.30. The van der Waals surface area contributed by atoms with Gasteiger partial charge in [-0.1, -0.05) is 6.07 Å². The first-order valence-corrected chi connectivity index (χ1v) is 12.6. The number of benzene rings is 2. The van der Waals surface area contributed by atoms with Crippen LogP contribution in [0.25, 0.3) is 0 Å². The summed E-state index contributed by atoms with van der Waals surface area (Å²) in [7, 11) is 0.867. The van der Waals surface area contributed by atoms with Crippen molar-refractivity contribution in [2.75, 3.05) is 45.8 Å². The number of nitrogens with one attached hydrogen (secondary N) is 1. The van der Waals surface area contributed by atoms with Gasteiger partial charge in [-0.2, -0.15) is 0 Å². The number of ether oxygens (including phenoxy) is 2. The largest absolute Gasteiger partial charge is 0.493 e. The lowest BCUT2D eigenvalue weighted by molar-refractivity contribution is 0.0951. The fraction of sp³-hybridized carbons (Fsp3) is 0.458. The first-order valence-electron chi connectivity index (χ1n) is 11.2. The minimum atomic E-state index is -3.66. The summed E-state index contributed by atoms with van der Waals surface area (Å²) in [6, 6.07) is 10.3. The van der Waals surface area contributed by atoms with E-state index >= 15 is 0 Å². The van der Waals surface area contributed by atoms with E-state index < -0.39 is 10.0 Å². The van der Waals surface area contributed by atoms with Gasteiger partial charge in [0.05, 0.1) is 24.2 Å². The zero-order chi connectivity index (χ0) is 24.0. The molecule has 1 N–H and O–H groups in total. The summed E-state index contributed by atoms with van der Waals surface area (Å²) in [6.45, 7) is 4.38. The summed E-state index contributed by atoms with van der Waals surface area (Å²) < 4.78 is 37.5. The van der Waals surface area contributed by atoms with Crippen molar-refractivity contribution in [3.63, 3.8) is 0 Å². The third-order valence-corrected chi connectivity index (χ3v) is 7.48. The number of anilines is 1. The Bertz CT molecular complexity index is 1080. The second-order valence-electron chi connectivity index (χ2n) is 8.11. The van der Waals surface area contributed by atoms with Crippen LogP contribution in [0.4, 0.5) is 5.69 Å². The molecule has 2 aromatic rings. The summed E-state index contributed by atoms with van der Waals surface area (Å²) in [5, 5.41) is 2.94. The van der Waals surface area contributed by atoms with E-state index in [-0.39, 0.29) is 17.3 Å². The fourth-order valence-electron chi connectivity index (χ4n) is 3.85. The van der Waals surface area contributed by atoms with E-state index in [2.05, 4.69) is 10.2 Å². The van der Waals surface area contributed by atoms with Gasteiger partial charge in [-0.25, -0.2) is 12.7 Å². The molecule has 1 saturated heterocycles. The summed E-state index contributed by atoms with van der Waals surface area (Å²) in [5.41, 5.74) is 1.96. The minimum Gasteiger partial charge on any atom is -0.493 e. The van der Waals surface area contributed by atoms with Crippen LogP contribution in [0.15, 0.2) is 41.3 Å². The Balaban J connectivity index is 1.88. The van der Waals surface area contributed by atoms with Crippen molar-refractivity contribution < 1.29 is 22.7 Å². The van der Waals surface area contributed by atoms with E-state index in [1.54, 1.807) is 19.2 Å². The van der Waals surface area contributed by atoms with Crippen LogP contribution in [0.1, 0.15) is 42.1 Å². The summed E-state index contributed by atoms with van der Waals surface area (Å²) in [5.74, 6) is 0.917. The molecule has 2 aromatic carbocycles. The maximum Gasteiger partial charge on any atom is 0.253 e. The molecule has 9 heteroatoms. The molecular formula is C24H33N3O5S. The molecule has 0 atom stereocenters. The van der Waals surface area contributed by atoms with Gasteiger partial charge in [0.25, 0.3) is 5.91 Å². The predicted molar refractivity (Wildman–Crippen MR) is 129 cm³/mol. The van der Waals surface area contributed by atoms with Crippen LogP contribution in [0.5, 0.6) is 11.5 Å². The maximum atomic E-state index is 13.3. The first-order chi connectivity index (χ1) is 15.8. The molecule has 180 valence electrons. The Hall–Kier alpha value is -2.78. The molecule has 0 radical (unpaired) electrons. The van der Waals surface area contributed by atoms with Crippen molar-refractivity contribution in [1.82, 2.24) is 9.62 Å². The summed E-state index contributed by atoms with van der Waals surface area (Å²) in [4.78, 5) is 15.5. The molecule has 0 saturated carbocycles. The van der Waals surface area contributed by atoms with Gasteiger partial charge in [0.15, 0.2) is 11.5 Å². The topological polar surface area (TPSA) is 88.2 Å². The number of piperidine rings is 1. The van der Waals surface area contributed by atoms with E-state index in [0.29, 0.717) is 23.7 Å². The molecule has 33 heavy (non-hydrogen) atoms. The van der Waals surface area contributed by atoms with Crippen LogP contribution in [-0.4, -0.2) is 59.5 Å². The summed E-state index contributed by atoms with van der Waals surface area (Å²) in [6.07, 6.45) is 3.25. The molecule has 0 bridgehead atoms. The number of sulfonamides is 1. The number of hydrogen-bond donors (Lipinski definition) is 1. The molecule has 1 amide bonds. The van der Waals surface area contributed by atoms with Crippen LogP contribution >= 0.6 is 0 Å². The molecule has 0 spiro atoms. The van der Waals surface area contributed by atoms with Crippen molar-refractivity contribution in [3.05, 3.63) is 47.5 Å². The van der Waals surface area contributed by atoms with Crippen molar-refractivity contribution >= 4 is 21.6 Å². The van der Waals surface area contributed by atoms with Crippen LogP contribution < -0.4 is 19.7 Å². The molecule has 1 aliphatic heterocycles. The highest BCUT2D eigenvalue weighted by Gasteiger charge is 2.24. The second kappa shape index (κ2) is 10.9. The standard InChI is InChI=1S/C24H33N3O5S/c1-5-32-22-12-9-18(15-23(22)31-4)17-25-24(28)20-16-19(33(29,30)26(2)3)10-11-21(20)27-13-7-6-8-14-27/h9-12,15-16H,5-8,13-14,17H2,1-4H3,(H,25,28). The Morgan fingerprint density at radius 3 is 2.42 bits per heavy atom. The van der Waals surface area contributed by atoms with Gasteiger partial charge >= 0.3 is 0 Å². The Kier molecular flexibility index (Phi) is 8.20. The number of amides is 1. The predicted octanol–water partition coefficient (Wildman–Crippen LogP) is 3.26. The van der Waals surface area contributed by atoms with E-state index in [1.807, 2.05) is 25.1 Å². The van der Waals surface area contributed by atoms with Crippen LogP contribution in [0.2, 0.25) is 0 Å². The van der Waals surface area contributed by atoms with Crippen LogP contribution in [0.3, 0.4) is 0 Å². The number of methoxy groups -OCH3 is 1. The number of hydrogen-bond acceptors (Lipinski definition) is 6. The van der Waals surface area contributed by atoms with Gasteiger partial charge < -0.3 is 19.7 Å². The third-order valence-electron chi connectivity index (χ3n) is 5.67. The van der Waals surface area contributed by atoms with Crippen molar-refractivity contribution in [2.24, 2.45) is 0 Å². The van der Waals surface area contributed by atoms with Crippen LogP contribution in [-0.2, 0) is 16.6 Å². The highest BCUT2D eigenvalue weighted by molar-refractivity contribution is 7.89. The highest BCUT2D eigenvalue weighted by Crippen LogP contribution is 2.29. The van der Waals surface area contributed by atoms with E-state index in [0.717, 1.165) is 47.9 Å². The number of rotatable bonds is 9. The molecule has 3 rings (SSSR count). The van der Waals surface area contributed by atoms with Gasteiger partial charge in [-0.3, -0.25) is 4.79 Å². The number of carbonyl (C=O) groups is 1. The van der Waals surface area contributed by atoms with Crippen molar-refractivity contribution in [2.45, 2.75) is 37.6 Å². The molecule has 0 unspecified atom stereocenters. The first kappa shape index (κ1) is 24.9. The monoisotopic (exact) mass is 475 g/mol. The zero-order valence-corrected chi connectivity index (χ0v) is 20.6. The van der Waals surface area contributed by atoms with Gasteiger partial charge in [-0.15, -0.1) is 0 Å². The smallest absolute Gasteiger partial charge is 0.253 e. The van der Waals surface area contributed by atoms with Crippen molar-refractivity contribution in [3.8, 4) is 11.5 Å². The van der Waals surface area contributed by atoms with Crippen LogP contribution in [0, 0.1) is 0 Å². The lowest BCUT2D eigenvalue weighted by Crippen LogP contribution is -2.33. The lowest BCUT2D eigenvalue weighted by atomic mass is 10.1. The third kappa shape index (κ3) is 5.78. The number of nitrogens with zero attached hydrogens (tertiary/aromatic N) is 2.